The van der Waals surface area contributed by atoms with E-state index in [0.717, 1.165) is 85.8 Å². The molecule has 188 valence electrons. The summed E-state index contributed by atoms with van der Waals surface area (Å²) >= 11 is 0. The van der Waals surface area contributed by atoms with Crippen LogP contribution in [0.5, 0.6) is 0 Å². The Morgan fingerprint density at radius 1 is 1.03 bits per heavy atom. The molecule has 0 saturated carbocycles. The molecule has 0 amide bonds. The van der Waals surface area contributed by atoms with Gasteiger partial charge in [-0.25, -0.2) is 9.97 Å². The molecule has 10 heteroatoms. The molecule has 0 radical (unpaired) electrons. The van der Waals surface area contributed by atoms with Gasteiger partial charge in [0, 0.05) is 45.0 Å². The van der Waals surface area contributed by atoms with Crippen LogP contribution in [0.1, 0.15) is 37.6 Å². The fourth-order valence-corrected chi connectivity index (χ4v) is 4.85. The Labute approximate surface area is 207 Å². The summed E-state index contributed by atoms with van der Waals surface area (Å²) in [5.74, 6) is 2.26. The molecule has 2 aliphatic rings. The first-order valence-electron chi connectivity index (χ1n) is 12.9. The van der Waals surface area contributed by atoms with Gasteiger partial charge in [-0.3, -0.25) is 9.58 Å². The third-order valence-corrected chi connectivity index (χ3v) is 6.65. The van der Waals surface area contributed by atoms with Crippen LogP contribution in [0.2, 0.25) is 0 Å². The number of piperazine rings is 1. The maximum Gasteiger partial charge on any atom is 0.228 e. The highest BCUT2D eigenvalue weighted by atomic mass is 16.5. The van der Waals surface area contributed by atoms with Gasteiger partial charge in [0.2, 0.25) is 5.95 Å². The number of nitrogens with one attached hydrogen (secondary N) is 2. The van der Waals surface area contributed by atoms with Crippen molar-refractivity contribution in [2.45, 2.75) is 46.2 Å². The van der Waals surface area contributed by atoms with Crippen LogP contribution in [-0.2, 0) is 17.8 Å². The number of pyridine rings is 1. The zero-order valence-corrected chi connectivity index (χ0v) is 21.0. The van der Waals surface area contributed by atoms with Crippen molar-refractivity contribution >= 4 is 28.6 Å². The number of fused-ring (bicyclic) bond motifs is 1. The summed E-state index contributed by atoms with van der Waals surface area (Å²) in [5, 5.41) is 12.0. The third-order valence-electron chi connectivity index (χ3n) is 6.65. The van der Waals surface area contributed by atoms with Crippen molar-refractivity contribution in [3.8, 4) is 0 Å². The van der Waals surface area contributed by atoms with Gasteiger partial charge >= 0.3 is 0 Å². The van der Waals surface area contributed by atoms with Gasteiger partial charge in [-0.2, -0.15) is 10.1 Å². The van der Waals surface area contributed by atoms with E-state index in [1.54, 1.807) is 0 Å². The van der Waals surface area contributed by atoms with Crippen LogP contribution in [0.3, 0.4) is 0 Å². The number of rotatable bonds is 9. The predicted molar refractivity (Wildman–Crippen MR) is 138 cm³/mol. The second kappa shape index (κ2) is 11.3. The van der Waals surface area contributed by atoms with E-state index in [9.17, 15) is 0 Å². The SMILES string of the molecule is CCOCCn1nc(CN2CCCCC2)c2nc(N3CCNCC3)nc(Nc3cccc(C)n3)c21. The summed E-state index contributed by atoms with van der Waals surface area (Å²) in [6, 6.07) is 5.98. The average molecular weight is 480 g/mol. The highest BCUT2D eigenvalue weighted by Gasteiger charge is 2.24. The molecule has 0 atom stereocenters. The maximum atomic E-state index is 5.68. The number of aryl methyl sites for hydroxylation is 1. The lowest BCUT2D eigenvalue weighted by Gasteiger charge is -2.28. The zero-order chi connectivity index (χ0) is 24.0. The Bertz CT molecular complexity index is 1120. The molecule has 5 heterocycles. The molecule has 0 unspecified atom stereocenters. The Hall–Kier alpha value is -2.82. The van der Waals surface area contributed by atoms with Crippen LogP contribution in [-0.4, -0.2) is 82.1 Å². The number of nitrogens with zero attached hydrogens (tertiary/aromatic N) is 7. The molecule has 0 aliphatic carbocycles. The van der Waals surface area contributed by atoms with E-state index in [0.29, 0.717) is 19.8 Å². The second-order valence-electron chi connectivity index (χ2n) is 9.30. The second-order valence-corrected chi connectivity index (χ2v) is 9.30. The van der Waals surface area contributed by atoms with E-state index >= 15 is 0 Å². The number of piperidine rings is 1. The average Bonchev–Trinajstić information content (AvgIpc) is 3.23. The Balaban J connectivity index is 1.59. The van der Waals surface area contributed by atoms with Gasteiger partial charge < -0.3 is 20.3 Å². The van der Waals surface area contributed by atoms with Crippen molar-refractivity contribution in [2.75, 3.05) is 62.7 Å². The third kappa shape index (κ3) is 5.71. The normalized spacial score (nSPS) is 17.3. The van der Waals surface area contributed by atoms with Gasteiger partial charge in [-0.1, -0.05) is 12.5 Å². The fourth-order valence-electron chi connectivity index (χ4n) is 4.85. The molecular formula is C25H37N9O. The Morgan fingerprint density at radius 2 is 1.86 bits per heavy atom. The zero-order valence-electron chi connectivity index (χ0n) is 21.0. The summed E-state index contributed by atoms with van der Waals surface area (Å²) < 4.78 is 7.70. The molecule has 3 aromatic rings. The molecule has 2 N–H and O–H groups in total. The Morgan fingerprint density at radius 3 is 2.63 bits per heavy atom. The summed E-state index contributed by atoms with van der Waals surface area (Å²) in [6.45, 7) is 12.6. The largest absolute Gasteiger partial charge is 0.380 e. The van der Waals surface area contributed by atoms with Crippen LogP contribution in [0, 0.1) is 6.92 Å². The Kier molecular flexibility index (Phi) is 7.70. The molecule has 2 aliphatic heterocycles. The van der Waals surface area contributed by atoms with Crippen molar-refractivity contribution in [3.05, 3.63) is 29.6 Å². The molecule has 0 bridgehead atoms. The lowest BCUT2D eigenvalue weighted by molar-refractivity contribution is 0.137. The summed E-state index contributed by atoms with van der Waals surface area (Å²) in [6.07, 6.45) is 3.80. The monoisotopic (exact) mass is 479 g/mol. The lowest BCUT2D eigenvalue weighted by atomic mass is 10.1. The first-order chi connectivity index (χ1) is 17.2. The maximum absolute atomic E-state index is 5.68. The van der Waals surface area contributed by atoms with Crippen molar-refractivity contribution in [1.82, 2.24) is 34.9 Å². The number of anilines is 3. The smallest absolute Gasteiger partial charge is 0.228 e. The highest BCUT2D eigenvalue weighted by molar-refractivity contribution is 5.90. The van der Waals surface area contributed by atoms with Crippen LogP contribution >= 0.6 is 0 Å². The standard InChI is InChI=1S/C25H37N9O/c1-3-35-17-16-34-23-22(20(31-34)18-32-12-5-4-6-13-32)29-25(33-14-10-26-11-15-33)30-24(23)28-21-9-7-8-19(2)27-21/h7-9,26H,3-6,10-18H2,1-2H3,(H,27,28,29,30). The number of aromatic nitrogens is 5. The molecule has 35 heavy (non-hydrogen) atoms. The van der Waals surface area contributed by atoms with Crippen LogP contribution in [0.4, 0.5) is 17.6 Å². The number of likely N-dealkylation sites (tertiary alicyclic amines) is 1. The van der Waals surface area contributed by atoms with Gasteiger partial charge in [-0.15, -0.1) is 0 Å². The summed E-state index contributed by atoms with van der Waals surface area (Å²) in [4.78, 5) is 19.6. The molecule has 3 aromatic heterocycles. The van der Waals surface area contributed by atoms with Gasteiger partial charge in [0.15, 0.2) is 5.82 Å². The summed E-state index contributed by atoms with van der Waals surface area (Å²) in [7, 11) is 0. The first-order valence-corrected chi connectivity index (χ1v) is 12.9. The van der Waals surface area contributed by atoms with E-state index < -0.39 is 0 Å². The van der Waals surface area contributed by atoms with Crippen molar-refractivity contribution in [3.63, 3.8) is 0 Å². The molecular weight excluding hydrogens is 442 g/mol. The van der Waals surface area contributed by atoms with Crippen molar-refractivity contribution < 1.29 is 4.74 Å². The van der Waals surface area contributed by atoms with Gasteiger partial charge in [0.1, 0.15) is 22.5 Å². The summed E-state index contributed by atoms with van der Waals surface area (Å²) in [5.41, 5.74) is 3.81. The lowest BCUT2D eigenvalue weighted by Crippen LogP contribution is -2.44. The number of ether oxygens (including phenoxy) is 1. The molecule has 0 spiro atoms. The van der Waals surface area contributed by atoms with Crippen molar-refractivity contribution in [1.29, 1.82) is 0 Å². The van der Waals surface area contributed by atoms with Crippen LogP contribution in [0.15, 0.2) is 18.2 Å². The predicted octanol–water partition coefficient (Wildman–Crippen LogP) is 2.71. The number of hydrogen-bond donors (Lipinski definition) is 2. The van der Waals surface area contributed by atoms with Crippen molar-refractivity contribution in [2.24, 2.45) is 0 Å². The molecule has 10 nitrogen and oxygen atoms in total. The van der Waals surface area contributed by atoms with Gasteiger partial charge in [0.25, 0.3) is 0 Å². The topological polar surface area (TPSA) is 96.3 Å². The van der Waals surface area contributed by atoms with E-state index in [1.807, 2.05) is 36.7 Å². The highest BCUT2D eigenvalue weighted by Crippen LogP contribution is 2.30. The van der Waals surface area contributed by atoms with Crippen LogP contribution in [0.25, 0.3) is 11.0 Å². The van der Waals surface area contributed by atoms with E-state index in [1.165, 1.54) is 19.3 Å². The minimum absolute atomic E-state index is 0.595. The van der Waals surface area contributed by atoms with Gasteiger partial charge in [-0.05, 0) is 51.9 Å². The molecule has 2 saturated heterocycles. The molecule has 0 aromatic carbocycles. The minimum Gasteiger partial charge on any atom is -0.380 e. The van der Waals surface area contributed by atoms with Crippen LogP contribution < -0.4 is 15.5 Å². The quantitative estimate of drug-likeness (QED) is 0.449. The van der Waals surface area contributed by atoms with E-state index in [2.05, 4.69) is 25.4 Å². The minimum atomic E-state index is 0.595. The number of hydrogen-bond acceptors (Lipinski definition) is 9. The molecule has 2 fully saturated rings. The fraction of sp³-hybridized carbons (Fsp3) is 0.600. The van der Waals surface area contributed by atoms with E-state index in [-0.39, 0.29) is 0 Å². The van der Waals surface area contributed by atoms with E-state index in [4.69, 9.17) is 19.8 Å². The first kappa shape index (κ1) is 23.9. The van der Waals surface area contributed by atoms with Gasteiger partial charge in [0.05, 0.1) is 13.2 Å². The molecule has 5 rings (SSSR count).